The third kappa shape index (κ3) is 6.05. The molecule has 0 aliphatic carbocycles. The number of Topliss-reactive ketones (excluding diaryl/α,β-unsaturated/α-hetero) is 1. The second kappa shape index (κ2) is 10.1. The minimum absolute atomic E-state index is 0.0670. The number of hydrogen-bond acceptors (Lipinski definition) is 6. The molecule has 0 saturated carbocycles. The van der Waals surface area contributed by atoms with Crippen molar-refractivity contribution in [2.45, 2.75) is 23.9 Å². The quantitative estimate of drug-likeness (QED) is 0.434. The Morgan fingerprint density at radius 2 is 1.72 bits per heavy atom. The first-order valence-electron chi connectivity index (χ1n) is 10.9. The van der Waals surface area contributed by atoms with E-state index in [0.717, 1.165) is 22.0 Å². The van der Waals surface area contributed by atoms with Crippen LogP contribution in [-0.4, -0.2) is 51.5 Å². The van der Waals surface area contributed by atoms with E-state index in [9.17, 15) is 34.8 Å². The van der Waals surface area contributed by atoms with Crippen molar-refractivity contribution in [3.8, 4) is 11.1 Å². The Kier molecular flexibility index (Phi) is 7.42. The van der Waals surface area contributed by atoms with Crippen molar-refractivity contribution in [1.29, 1.82) is 0 Å². The van der Waals surface area contributed by atoms with E-state index in [1.807, 2.05) is 16.8 Å². The van der Waals surface area contributed by atoms with Gasteiger partial charge in [-0.15, -0.1) is 0 Å². The molecule has 2 aromatic carbocycles. The van der Waals surface area contributed by atoms with Crippen LogP contribution in [-0.2, 0) is 43.7 Å². The van der Waals surface area contributed by atoms with Gasteiger partial charge >= 0.3 is 6.18 Å². The van der Waals surface area contributed by atoms with Crippen LogP contribution in [0.15, 0.2) is 64.2 Å². The zero-order chi connectivity index (χ0) is 26.1. The fourth-order valence-corrected chi connectivity index (χ4v) is 7.60. The van der Waals surface area contributed by atoms with Crippen LogP contribution in [0.3, 0.4) is 0 Å². The third-order valence-electron chi connectivity index (χ3n) is 5.89. The van der Waals surface area contributed by atoms with E-state index in [-0.39, 0.29) is 53.7 Å². The molecule has 0 bridgehead atoms. The number of alkyl halides is 3. The summed E-state index contributed by atoms with van der Waals surface area (Å²) < 4.78 is 90.1. The molecule has 6 nitrogen and oxygen atoms in total. The van der Waals surface area contributed by atoms with Crippen molar-refractivity contribution < 1.29 is 34.8 Å². The van der Waals surface area contributed by atoms with E-state index in [1.165, 1.54) is 35.6 Å². The molecular weight excluding hydrogens is 535 g/mol. The summed E-state index contributed by atoms with van der Waals surface area (Å²) in [7, 11) is -7.28. The summed E-state index contributed by atoms with van der Waals surface area (Å²) in [5, 5.41) is 3.68. The molecule has 1 fully saturated rings. The second-order valence-electron chi connectivity index (χ2n) is 8.48. The lowest BCUT2D eigenvalue weighted by molar-refractivity contribution is -0.137. The molecule has 2 heterocycles. The standard InChI is InChI=1S/C24H22F3NO5S3/c25-24(26,27)20-3-1-2-17(12-20)13-21(29)14-19-15-22(4-5-23(19)18-6-9-34-16-18)36(32,33)28-7-10-35(30,31)11-8-28/h1-6,9,12,15-16H,7-8,10-11,13-14H2. The Morgan fingerprint density at radius 1 is 1.00 bits per heavy atom. The predicted octanol–water partition coefficient (Wildman–Crippen LogP) is 4.21. The zero-order valence-corrected chi connectivity index (χ0v) is 21.3. The molecule has 1 aliphatic heterocycles. The van der Waals surface area contributed by atoms with E-state index in [1.54, 1.807) is 6.07 Å². The fourth-order valence-electron chi connectivity index (χ4n) is 4.02. The van der Waals surface area contributed by atoms with Gasteiger partial charge in [0.15, 0.2) is 9.84 Å². The van der Waals surface area contributed by atoms with Crippen molar-refractivity contribution >= 4 is 37.0 Å². The van der Waals surface area contributed by atoms with Gasteiger partial charge in [0, 0.05) is 25.9 Å². The molecule has 36 heavy (non-hydrogen) atoms. The van der Waals surface area contributed by atoms with Gasteiger partial charge in [-0.3, -0.25) is 4.79 Å². The molecule has 192 valence electrons. The number of ketones is 1. The largest absolute Gasteiger partial charge is 0.416 e. The summed E-state index contributed by atoms with van der Waals surface area (Å²) in [6.07, 6.45) is -4.95. The summed E-state index contributed by atoms with van der Waals surface area (Å²) in [5.41, 5.74) is 1.23. The van der Waals surface area contributed by atoms with E-state index in [0.29, 0.717) is 11.1 Å². The van der Waals surface area contributed by atoms with Gasteiger partial charge < -0.3 is 0 Å². The fraction of sp³-hybridized carbons (Fsp3) is 0.292. The highest BCUT2D eigenvalue weighted by atomic mass is 32.2. The Labute approximate surface area is 211 Å². The van der Waals surface area contributed by atoms with Crippen LogP contribution >= 0.6 is 11.3 Å². The van der Waals surface area contributed by atoms with Crippen LogP contribution in [0.4, 0.5) is 13.2 Å². The average molecular weight is 558 g/mol. The minimum atomic E-state index is -4.53. The van der Waals surface area contributed by atoms with E-state index in [4.69, 9.17) is 0 Å². The Balaban J connectivity index is 1.62. The Morgan fingerprint density at radius 3 is 2.36 bits per heavy atom. The van der Waals surface area contributed by atoms with Crippen LogP contribution in [0.25, 0.3) is 11.1 Å². The smallest absolute Gasteiger partial charge is 0.299 e. The molecule has 4 rings (SSSR count). The minimum Gasteiger partial charge on any atom is -0.299 e. The molecule has 0 radical (unpaired) electrons. The topological polar surface area (TPSA) is 88.6 Å². The molecule has 0 amide bonds. The molecule has 1 aromatic heterocycles. The lowest BCUT2D eigenvalue weighted by Crippen LogP contribution is -2.43. The zero-order valence-electron chi connectivity index (χ0n) is 18.9. The lowest BCUT2D eigenvalue weighted by Gasteiger charge is -2.26. The maximum absolute atomic E-state index is 13.2. The summed E-state index contributed by atoms with van der Waals surface area (Å²) in [6, 6.07) is 10.8. The summed E-state index contributed by atoms with van der Waals surface area (Å²) >= 11 is 1.43. The van der Waals surface area contributed by atoms with Crippen molar-refractivity contribution in [3.05, 3.63) is 76.0 Å². The molecule has 0 unspecified atom stereocenters. The lowest BCUT2D eigenvalue weighted by atomic mass is 9.95. The van der Waals surface area contributed by atoms with Gasteiger partial charge in [0.2, 0.25) is 10.0 Å². The van der Waals surface area contributed by atoms with Gasteiger partial charge in [0.25, 0.3) is 0 Å². The van der Waals surface area contributed by atoms with Crippen LogP contribution < -0.4 is 0 Å². The molecule has 12 heteroatoms. The number of sulfone groups is 1. The van der Waals surface area contributed by atoms with E-state index in [2.05, 4.69) is 0 Å². The number of carbonyl (C=O) groups is 1. The van der Waals surface area contributed by atoms with Gasteiger partial charge in [-0.2, -0.15) is 28.8 Å². The maximum atomic E-state index is 13.2. The van der Waals surface area contributed by atoms with Crippen LogP contribution in [0, 0.1) is 0 Å². The third-order valence-corrected chi connectivity index (χ3v) is 10.1. The normalized spacial score (nSPS) is 16.6. The first-order valence-corrected chi connectivity index (χ1v) is 15.1. The Bertz CT molecular complexity index is 1470. The SMILES string of the molecule is O=C(Cc1cccc(C(F)(F)F)c1)Cc1cc(S(=O)(=O)N2CCS(=O)(=O)CC2)ccc1-c1ccsc1. The number of hydrogen-bond donors (Lipinski definition) is 0. The number of halogens is 3. The summed E-state index contributed by atoms with van der Waals surface area (Å²) in [6.45, 7) is -0.304. The molecule has 0 atom stereocenters. The van der Waals surface area contributed by atoms with Gasteiger partial charge in [0.1, 0.15) is 5.78 Å². The number of rotatable bonds is 7. The number of nitrogens with zero attached hydrogens (tertiary/aromatic N) is 1. The molecular formula is C24H22F3NO5S3. The monoisotopic (exact) mass is 557 g/mol. The van der Waals surface area contributed by atoms with E-state index < -0.39 is 31.6 Å². The van der Waals surface area contributed by atoms with Crippen LogP contribution in [0.1, 0.15) is 16.7 Å². The predicted molar refractivity (Wildman–Crippen MR) is 131 cm³/mol. The molecule has 0 N–H and O–H groups in total. The maximum Gasteiger partial charge on any atom is 0.416 e. The van der Waals surface area contributed by atoms with Gasteiger partial charge in [-0.05, 0) is 57.3 Å². The average Bonchev–Trinajstić information content (AvgIpc) is 3.33. The second-order valence-corrected chi connectivity index (χ2v) is 13.5. The summed E-state index contributed by atoms with van der Waals surface area (Å²) in [4.78, 5) is 12.8. The van der Waals surface area contributed by atoms with Gasteiger partial charge in [0.05, 0.1) is 22.0 Å². The van der Waals surface area contributed by atoms with E-state index >= 15 is 0 Å². The first-order chi connectivity index (χ1) is 16.8. The molecule has 0 spiro atoms. The highest BCUT2D eigenvalue weighted by Crippen LogP contribution is 2.32. The van der Waals surface area contributed by atoms with Crippen molar-refractivity contribution in [3.63, 3.8) is 0 Å². The van der Waals surface area contributed by atoms with Gasteiger partial charge in [-0.1, -0.05) is 24.3 Å². The summed E-state index contributed by atoms with van der Waals surface area (Å²) in [5.74, 6) is -0.896. The number of benzene rings is 2. The van der Waals surface area contributed by atoms with Crippen molar-refractivity contribution in [1.82, 2.24) is 4.31 Å². The molecule has 1 saturated heterocycles. The highest BCUT2D eigenvalue weighted by molar-refractivity contribution is 7.92. The first kappa shape index (κ1) is 26.5. The van der Waals surface area contributed by atoms with Crippen LogP contribution in [0.2, 0.25) is 0 Å². The molecule has 1 aliphatic rings. The number of thiophene rings is 1. The molecule has 3 aromatic rings. The number of sulfonamides is 1. The number of carbonyl (C=O) groups excluding carboxylic acids is 1. The van der Waals surface area contributed by atoms with Crippen molar-refractivity contribution in [2.75, 3.05) is 24.6 Å². The highest BCUT2D eigenvalue weighted by Gasteiger charge is 2.32. The van der Waals surface area contributed by atoms with Gasteiger partial charge in [-0.25, -0.2) is 16.8 Å². The Hall–Kier alpha value is -2.54. The van der Waals surface area contributed by atoms with Crippen LogP contribution in [0.5, 0.6) is 0 Å². The van der Waals surface area contributed by atoms with Crippen molar-refractivity contribution in [2.24, 2.45) is 0 Å².